The van der Waals surface area contributed by atoms with Crippen LogP contribution < -0.4 is 10.6 Å². The first kappa shape index (κ1) is 12.5. The number of hydrogen-bond acceptors (Lipinski definition) is 1. The minimum Gasteiger partial charge on any atom is -0.332 e. The predicted molar refractivity (Wildman–Crippen MR) is 77.4 cm³/mol. The third-order valence-electron chi connectivity index (χ3n) is 2.40. The van der Waals surface area contributed by atoms with Gasteiger partial charge in [0.25, 0.3) is 0 Å². The van der Waals surface area contributed by atoms with E-state index in [-0.39, 0.29) is 5.82 Å². The molecule has 0 aromatic heterocycles. The molecule has 0 saturated carbocycles. The number of benzene rings is 2. The second-order valence-corrected chi connectivity index (χ2v) is 4.34. The molecule has 0 amide bonds. The number of anilines is 2. The Morgan fingerprint density at radius 3 is 2.44 bits per heavy atom. The fourth-order valence-electron chi connectivity index (χ4n) is 1.53. The second kappa shape index (κ2) is 5.60. The van der Waals surface area contributed by atoms with Crippen molar-refractivity contribution in [2.45, 2.75) is 6.92 Å². The molecule has 2 nitrogen and oxygen atoms in total. The van der Waals surface area contributed by atoms with Crippen LogP contribution in [-0.4, -0.2) is 5.11 Å². The highest BCUT2D eigenvalue weighted by Gasteiger charge is 2.04. The summed E-state index contributed by atoms with van der Waals surface area (Å²) in [6.45, 7) is 1.84. The van der Waals surface area contributed by atoms with Gasteiger partial charge >= 0.3 is 0 Å². The van der Waals surface area contributed by atoms with Gasteiger partial charge < -0.3 is 10.6 Å². The number of nitrogens with one attached hydrogen (secondary N) is 2. The maximum Gasteiger partial charge on any atom is 0.175 e. The lowest BCUT2D eigenvalue weighted by Gasteiger charge is -2.11. The summed E-state index contributed by atoms with van der Waals surface area (Å²) in [4.78, 5) is 0. The van der Waals surface area contributed by atoms with Crippen LogP contribution in [0.1, 0.15) is 5.56 Å². The first-order chi connectivity index (χ1) is 8.65. The summed E-state index contributed by atoms with van der Waals surface area (Å²) in [5, 5.41) is 6.18. The van der Waals surface area contributed by atoms with Gasteiger partial charge in [-0.1, -0.05) is 24.3 Å². The van der Waals surface area contributed by atoms with Gasteiger partial charge in [0.15, 0.2) is 5.11 Å². The van der Waals surface area contributed by atoms with E-state index < -0.39 is 0 Å². The van der Waals surface area contributed by atoms with Crippen LogP contribution in [0.15, 0.2) is 48.5 Å². The highest BCUT2D eigenvalue weighted by Crippen LogP contribution is 2.15. The van der Waals surface area contributed by atoms with Gasteiger partial charge in [-0.15, -0.1) is 0 Å². The molecule has 0 aliphatic heterocycles. The van der Waals surface area contributed by atoms with Crippen LogP contribution >= 0.6 is 12.2 Å². The number of thiocarbonyl (C=S) groups is 1. The summed E-state index contributed by atoms with van der Waals surface area (Å²) >= 11 is 5.12. The fourth-order valence-corrected chi connectivity index (χ4v) is 1.76. The molecule has 0 unspecified atom stereocenters. The summed E-state index contributed by atoms with van der Waals surface area (Å²) in [5.74, 6) is -0.313. The molecule has 0 aliphatic carbocycles. The summed E-state index contributed by atoms with van der Waals surface area (Å²) in [6.07, 6.45) is 0. The van der Waals surface area contributed by atoms with Gasteiger partial charge in [-0.25, -0.2) is 4.39 Å². The Balaban J connectivity index is 2.03. The molecular formula is C14H13FN2S. The van der Waals surface area contributed by atoms with E-state index in [0.717, 1.165) is 11.3 Å². The van der Waals surface area contributed by atoms with E-state index in [1.165, 1.54) is 6.07 Å². The van der Waals surface area contributed by atoms with Gasteiger partial charge in [0, 0.05) is 5.69 Å². The van der Waals surface area contributed by atoms with Crippen molar-refractivity contribution in [2.75, 3.05) is 10.6 Å². The zero-order valence-corrected chi connectivity index (χ0v) is 10.7. The SMILES string of the molecule is Cc1ccc(NC(=S)Nc2ccccc2)c(F)c1. The van der Waals surface area contributed by atoms with Crippen LogP contribution in [0.5, 0.6) is 0 Å². The van der Waals surface area contributed by atoms with E-state index in [1.54, 1.807) is 6.07 Å². The molecule has 0 aliphatic rings. The molecule has 0 fully saturated rings. The van der Waals surface area contributed by atoms with E-state index in [0.29, 0.717) is 10.8 Å². The number of rotatable bonds is 2. The molecule has 2 aromatic rings. The predicted octanol–water partition coefficient (Wildman–Crippen LogP) is 3.94. The van der Waals surface area contributed by atoms with Crippen LogP contribution in [0.4, 0.5) is 15.8 Å². The Kier molecular flexibility index (Phi) is 3.89. The molecule has 2 aromatic carbocycles. The average molecular weight is 260 g/mol. The minimum atomic E-state index is -0.313. The lowest BCUT2D eigenvalue weighted by atomic mass is 10.2. The van der Waals surface area contributed by atoms with Crippen molar-refractivity contribution >= 4 is 28.7 Å². The smallest absolute Gasteiger partial charge is 0.175 e. The molecule has 0 radical (unpaired) electrons. The van der Waals surface area contributed by atoms with Crippen LogP contribution in [0, 0.1) is 12.7 Å². The minimum absolute atomic E-state index is 0.313. The molecule has 18 heavy (non-hydrogen) atoms. The molecule has 0 bridgehead atoms. The van der Waals surface area contributed by atoms with Gasteiger partial charge in [0.2, 0.25) is 0 Å². The Labute approximate surface area is 111 Å². The zero-order chi connectivity index (χ0) is 13.0. The van der Waals surface area contributed by atoms with Crippen molar-refractivity contribution in [1.82, 2.24) is 0 Å². The van der Waals surface area contributed by atoms with Crippen LogP contribution in [0.25, 0.3) is 0 Å². The van der Waals surface area contributed by atoms with Gasteiger partial charge in [-0.2, -0.15) is 0 Å². The zero-order valence-electron chi connectivity index (χ0n) is 9.91. The molecule has 0 spiro atoms. The molecule has 2 rings (SSSR count). The standard InChI is InChI=1S/C14H13FN2S/c1-10-7-8-13(12(15)9-10)17-14(18)16-11-5-3-2-4-6-11/h2-9H,1H3,(H2,16,17,18). The second-order valence-electron chi connectivity index (χ2n) is 3.93. The highest BCUT2D eigenvalue weighted by atomic mass is 32.1. The summed E-state index contributed by atoms with van der Waals surface area (Å²) in [7, 11) is 0. The fraction of sp³-hybridized carbons (Fsp3) is 0.0714. The molecule has 0 atom stereocenters. The Bertz CT molecular complexity index is 555. The Morgan fingerprint density at radius 1 is 1.06 bits per heavy atom. The number of aryl methyl sites for hydroxylation is 1. The van der Waals surface area contributed by atoms with Crippen LogP contribution in [0.3, 0.4) is 0 Å². The summed E-state index contributed by atoms with van der Waals surface area (Å²) in [6, 6.07) is 14.5. The van der Waals surface area contributed by atoms with Crippen LogP contribution in [0.2, 0.25) is 0 Å². The largest absolute Gasteiger partial charge is 0.332 e. The van der Waals surface area contributed by atoms with Gasteiger partial charge in [0.1, 0.15) is 5.82 Å². The number of hydrogen-bond donors (Lipinski definition) is 2. The maximum atomic E-state index is 13.6. The van der Waals surface area contributed by atoms with E-state index in [1.807, 2.05) is 43.3 Å². The first-order valence-corrected chi connectivity index (χ1v) is 5.95. The lowest BCUT2D eigenvalue weighted by molar-refractivity contribution is 0.631. The van der Waals surface area contributed by atoms with Crippen molar-refractivity contribution in [2.24, 2.45) is 0 Å². The van der Waals surface area contributed by atoms with Crippen molar-refractivity contribution in [3.8, 4) is 0 Å². The van der Waals surface area contributed by atoms with Crippen LogP contribution in [-0.2, 0) is 0 Å². The van der Waals surface area contributed by atoms with Crippen molar-refractivity contribution in [3.05, 3.63) is 59.9 Å². The van der Waals surface area contributed by atoms with E-state index in [2.05, 4.69) is 10.6 Å². The van der Waals surface area contributed by atoms with Gasteiger partial charge in [0.05, 0.1) is 5.69 Å². The topological polar surface area (TPSA) is 24.1 Å². The quantitative estimate of drug-likeness (QED) is 0.800. The van der Waals surface area contributed by atoms with E-state index >= 15 is 0 Å². The van der Waals surface area contributed by atoms with Crippen molar-refractivity contribution in [1.29, 1.82) is 0 Å². The van der Waals surface area contributed by atoms with Crippen molar-refractivity contribution in [3.63, 3.8) is 0 Å². The van der Waals surface area contributed by atoms with E-state index in [4.69, 9.17) is 12.2 Å². The molecule has 0 saturated heterocycles. The Morgan fingerprint density at radius 2 is 1.78 bits per heavy atom. The molecular weight excluding hydrogens is 247 g/mol. The summed E-state index contributed by atoms with van der Waals surface area (Å²) in [5.41, 5.74) is 2.11. The first-order valence-electron chi connectivity index (χ1n) is 5.54. The van der Waals surface area contributed by atoms with Crippen molar-refractivity contribution < 1.29 is 4.39 Å². The molecule has 92 valence electrons. The molecule has 2 N–H and O–H groups in total. The highest BCUT2D eigenvalue weighted by molar-refractivity contribution is 7.80. The number of halogens is 1. The monoisotopic (exact) mass is 260 g/mol. The molecule has 0 heterocycles. The third-order valence-corrected chi connectivity index (χ3v) is 2.61. The van der Waals surface area contributed by atoms with Gasteiger partial charge in [-0.3, -0.25) is 0 Å². The third kappa shape index (κ3) is 3.28. The normalized spacial score (nSPS) is 9.89. The molecule has 4 heteroatoms. The van der Waals surface area contributed by atoms with Gasteiger partial charge in [-0.05, 0) is 49.0 Å². The number of para-hydroxylation sites is 1. The Hall–Kier alpha value is -1.94. The van der Waals surface area contributed by atoms with E-state index in [9.17, 15) is 4.39 Å². The average Bonchev–Trinajstić information content (AvgIpc) is 2.34. The lowest BCUT2D eigenvalue weighted by Crippen LogP contribution is -2.19. The maximum absolute atomic E-state index is 13.6. The summed E-state index contributed by atoms with van der Waals surface area (Å²) < 4.78 is 13.6.